The van der Waals surface area contributed by atoms with E-state index in [2.05, 4.69) is 22.2 Å². The Bertz CT molecular complexity index is 1110. The highest BCUT2D eigenvalue weighted by atomic mass is 19.4. The summed E-state index contributed by atoms with van der Waals surface area (Å²) in [6.45, 7) is 14.3. The first kappa shape index (κ1) is 29.4. The van der Waals surface area contributed by atoms with Crippen molar-refractivity contribution >= 4 is 23.7 Å². The second kappa shape index (κ2) is 10.2. The Balaban J connectivity index is 1.81. The van der Waals surface area contributed by atoms with Crippen LogP contribution in [0.3, 0.4) is 0 Å². The van der Waals surface area contributed by atoms with Crippen molar-refractivity contribution in [3.05, 3.63) is 36.0 Å². The molecular weight excluding hydrogens is 501 g/mol. The molecule has 1 aromatic rings. The molecular formula is C27H37F3N4O4. The number of aromatic nitrogens is 1. The molecule has 0 spiro atoms. The average molecular weight is 539 g/mol. The fourth-order valence-electron chi connectivity index (χ4n) is 4.78. The monoisotopic (exact) mass is 538 g/mol. The van der Waals surface area contributed by atoms with Crippen molar-refractivity contribution in [3.63, 3.8) is 0 Å². The molecule has 1 aliphatic heterocycles. The number of hydrogen-bond acceptors (Lipinski definition) is 5. The molecule has 2 N–H and O–H groups in total. The van der Waals surface area contributed by atoms with E-state index in [-0.39, 0.29) is 30.7 Å². The highest BCUT2D eigenvalue weighted by Gasteiger charge is 2.68. The number of ether oxygens (including phenoxy) is 1. The first-order valence-electron chi connectivity index (χ1n) is 12.7. The van der Waals surface area contributed by atoms with Gasteiger partial charge in [-0.25, -0.2) is 9.78 Å². The van der Waals surface area contributed by atoms with Crippen molar-refractivity contribution in [2.45, 2.75) is 91.1 Å². The fourth-order valence-corrected chi connectivity index (χ4v) is 4.78. The van der Waals surface area contributed by atoms with E-state index >= 15 is 0 Å². The lowest BCUT2D eigenvalue weighted by molar-refractivity contribution is -0.141. The van der Waals surface area contributed by atoms with Gasteiger partial charge in [0.15, 0.2) is 0 Å². The van der Waals surface area contributed by atoms with Gasteiger partial charge in [-0.15, -0.1) is 6.58 Å². The maximum absolute atomic E-state index is 13.4. The first-order chi connectivity index (χ1) is 17.4. The van der Waals surface area contributed by atoms with E-state index in [9.17, 15) is 27.6 Å². The number of carbonyl (C=O) groups is 3. The lowest BCUT2D eigenvalue weighted by Crippen LogP contribution is -2.47. The van der Waals surface area contributed by atoms with Crippen LogP contribution in [0.5, 0.6) is 0 Å². The van der Waals surface area contributed by atoms with Crippen molar-refractivity contribution in [3.8, 4) is 0 Å². The summed E-state index contributed by atoms with van der Waals surface area (Å²) in [6, 6.07) is 0.732. The molecule has 1 aliphatic carbocycles. The SMILES string of the molecule is C=CCCC(C)(C)C(=O)NC[C@@]12C[C@H](C(=O)Nc3nc(C(F)(F)F)ccc3C)N(C(=O)OC(C)(C)C)[C@@H]1C2. The van der Waals surface area contributed by atoms with Crippen molar-refractivity contribution in [2.24, 2.45) is 10.8 Å². The van der Waals surface area contributed by atoms with E-state index in [1.54, 1.807) is 26.8 Å². The molecule has 3 rings (SSSR count). The van der Waals surface area contributed by atoms with Crippen LogP contribution in [0.2, 0.25) is 0 Å². The number of nitrogens with one attached hydrogen (secondary N) is 2. The summed E-state index contributed by atoms with van der Waals surface area (Å²) >= 11 is 0. The summed E-state index contributed by atoms with van der Waals surface area (Å²) in [5, 5.41) is 5.47. The summed E-state index contributed by atoms with van der Waals surface area (Å²) < 4.78 is 45.1. The number of alkyl halides is 3. The van der Waals surface area contributed by atoms with E-state index in [1.165, 1.54) is 17.9 Å². The number of aryl methyl sites for hydroxylation is 1. The number of allylic oxidation sites excluding steroid dienone is 1. The Morgan fingerprint density at radius 1 is 1.18 bits per heavy atom. The number of hydrogen-bond donors (Lipinski definition) is 2. The number of amides is 3. The van der Waals surface area contributed by atoms with Gasteiger partial charge in [-0.05, 0) is 65.0 Å². The third-order valence-electron chi connectivity index (χ3n) is 7.14. The number of piperidine rings is 1. The maximum atomic E-state index is 13.4. The topological polar surface area (TPSA) is 101 Å². The molecule has 2 aliphatic rings. The maximum Gasteiger partial charge on any atom is 0.433 e. The number of pyridine rings is 1. The predicted octanol–water partition coefficient (Wildman–Crippen LogP) is 5.22. The first-order valence-corrected chi connectivity index (χ1v) is 12.7. The molecule has 1 aromatic heterocycles. The molecule has 0 unspecified atom stereocenters. The van der Waals surface area contributed by atoms with Crippen LogP contribution in [0.4, 0.5) is 23.8 Å². The molecule has 0 aromatic carbocycles. The molecule has 210 valence electrons. The number of nitrogens with zero attached hydrogens (tertiary/aromatic N) is 2. The van der Waals surface area contributed by atoms with Crippen LogP contribution in [-0.2, 0) is 20.5 Å². The average Bonchev–Trinajstić information content (AvgIpc) is 3.38. The van der Waals surface area contributed by atoms with Gasteiger partial charge in [0.1, 0.15) is 23.2 Å². The Kier molecular flexibility index (Phi) is 7.92. The third kappa shape index (κ3) is 6.47. The van der Waals surface area contributed by atoms with Crippen molar-refractivity contribution in [1.82, 2.24) is 15.2 Å². The number of fused-ring (bicyclic) bond motifs is 1. The normalized spacial score (nSPS) is 22.9. The zero-order valence-electron chi connectivity index (χ0n) is 22.8. The molecule has 2 fully saturated rings. The second-order valence-corrected chi connectivity index (χ2v) is 11.9. The minimum Gasteiger partial charge on any atom is -0.444 e. The second-order valence-electron chi connectivity index (χ2n) is 11.9. The van der Waals surface area contributed by atoms with Crippen LogP contribution in [0.15, 0.2) is 24.8 Å². The Hall–Kier alpha value is -3.11. The van der Waals surface area contributed by atoms with Crippen LogP contribution >= 0.6 is 0 Å². The summed E-state index contributed by atoms with van der Waals surface area (Å²) in [5.74, 6) is -1.02. The number of carbonyl (C=O) groups excluding carboxylic acids is 3. The molecule has 8 nitrogen and oxygen atoms in total. The van der Waals surface area contributed by atoms with Crippen molar-refractivity contribution < 1.29 is 32.3 Å². The molecule has 1 saturated carbocycles. The number of anilines is 1. The molecule has 2 heterocycles. The zero-order chi connectivity index (χ0) is 28.7. The zero-order valence-corrected chi connectivity index (χ0v) is 22.8. The van der Waals surface area contributed by atoms with Gasteiger partial charge in [0, 0.05) is 23.4 Å². The number of halogens is 3. The molecule has 0 radical (unpaired) electrons. The Labute approximate surface area is 221 Å². The predicted molar refractivity (Wildman–Crippen MR) is 136 cm³/mol. The van der Waals surface area contributed by atoms with Crippen molar-refractivity contribution in [2.75, 3.05) is 11.9 Å². The lowest BCUT2D eigenvalue weighted by Gasteiger charge is -2.29. The molecule has 0 bridgehead atoms. The van der Waals surface area contributed by atoms with E-state index in [1.807, 2.05) is 13.8 Å². The quantitative estimate of drug-likeness (QED) is 0.442. The number of rotatable bonds is 8. The van der Waals surface area contributed by atoms with Gasteiger partial charge < -0.3 is 15.4 Å². The minimum atomic E-state index is -4.67. The minimum absolute atomic E-state index is 0.139. The summed E-state index contributed by atoms with van der Waals surface area (Å²) in [7, 11) is 0. The summed E-state index contributed by atoms with van der Waals surface area (Å²) in [4.78, 5) is 44.3. The molecule has 1 saturated heterocycles. The van der Waals surface area contributed by atoms with E-state index < -0.39 is 46.3 Å². The van der Waals surface area contributed by atoms with Crippen LogP contribution in [-0.4, -0.2) is 52.0 Å². The van der Waals surface area contributed by atoms with Gasteiger partial charge in [0.25, 0.3) is 0 Å². The van der Waals surface area contributed by atoms with Gasteiger partial charge in [0.2, 0.25) is 11.8 Å². The molecule has 3 amide bonds. The smallest absolute Gasteiger partial charge is 0.433 e. The van der Waals surface area contributed by atoms with E-state index in [4.69, 9.17) is 4.74 Å². The summed E-state index contributed by atoms with van der Waals surface area (Å²) in [5.41, 5.74) is -2.75. The standard InChI is InChI=1S/C27H37F3N4O4/c1-8-9-12-25(6,7)22(36)31-15-26-13-17(34(19(26)14-26)23(37)38-24(3,4)5)21(35)33-20-16(2)10-11-18(32-20)27(28,29)30/h8,10-11,17,19H,1,9,12-15H2,2-7H3,(H,31,36)(H,32,33,35)/t17-,19-,26+/m1/s1. The van der Waals surface area contributed by atoms with Gasteiger partial charge in [0.05, 0.1) is 0 Å². The highest BCUT2D eigenvalue weighted by Crippen LogP contribution is 2.59. The Morgan fingerprint density at radius 3 is 2.42 bits per heavy atom. The third-order valence-corrected chi connectivity index (χ3v) is 7.14. The highest BCUT2D eigenvalue weighted by molar-refractivity contribution is 5.97. The molecule has 11 heteroatoms. The largest absolute Gasteiger partial charge is 0.444 e. The van der Waals surface area contributed by atoms with Gasteiger partial charge in [-0.2, -0.15) is 13.2 Å². The van der Waals surface area contributed by atoms with Crippen LogP contribution in [0.25, 0.3) is 0 Å². The fraction of sp³-hybridized carbons (Fsp3) is 0.630. The van der Waals surface area contributed by atoms with Crippen LogP contribution < -0.4 is 10.6 Å². The van der Waals surface area contributed by atoms with Crippen LogP contribution in [0.1, 0.15) is 71.6 Å². The molecule has 38 heavy (non-hydrogen) atoms. The van der Waals surface area contributed by atoms with Crippen LogP contribution in [0, 0.1) is 17.8 Å². The van der Waals surface area contributed by atoms with Gasteiger partial charge >= 0.3 is 12.3 Å². The van der Waals surface area contributed by atoms with Gasteiger partial charge in [-0.3, -0.25) is 14.5 Å². The number of likely N-dealkylation sites (tertiary alicyclic amines) is 1. The molecule has 3 atom stereocenters. The van der Waals surface area contributed by atoms with Crippen molar-refractivity contribution in [1.29, 1.82) is 0 Å². The lowest BCUT2D eigenvalue weighted by atomic mass is 9.86. The van der Waals surface area contributed by atoms with Gasteiger partial charge in [-0.1, -0.05) is 26.0 Å². The Morgan fingerprint density at radius 2 is 1.84 bits per heavy atom. The van der Waals surface area contributed by atoms with E-state index in [0.717, 1.165) is 6.07 Å². The summed E-state index contributed by atoms with van der Waals surface area (Å²) in [6.07, 6.45) is -1.49. The van der Waals surface area contributed by atoms with E-state index in [0.29, 0.717) is 24.8 Å².